The molecule has 16 heavy (non-hydrogen) atoms. The van der Waals surface area contributed by atoms with Gasteiger partial charge in [0.1, 0.15) is 5.82 Å². The Kier molecular flexibility index (Phi) is 2.21. The maximum Gasteiger partial charge on any atom is 0.417 e. The molecule has 5 nitrogen and oxygen atoms in total. The minimum atomic E-state index is -0.927. The van der Waals surface area contributed by atoms with Crippen LogP contribution in [0.3, 0.4) is 0 Å². The second-order valence-corrected chi connectivity index (χ2v) is 4.68. The van der Waals surface area contributed by atoms with Gasteiger partial charge in [-0.3, -0.25) is 0 Å². The van der Waals surface area contributed by atoms with Gasteiger partial charge in [0.2, 0.25) is 0 Å². The quantitative estimate of drug-likeness (QED) is 0.774. The van der Waals surface area contributed by atoms with Crippen molar-refractivity contribution < 1.29 is 9.90 Å². The number of aromatic nitrogens is 2. The van der Waals surface area contributed by atoms with Gasteiger partial charge in [-0.15, -0.1) is 0 Å². The highest BCUT2D eigenvalue weighted by Gasteiger charge is 2.37. The molecule has 0 amide bonds. The predicted molar refractivity (Wildman–Crippen MR) is 57.6 cm³/mol. The van der Waals surface area contributed by atoms with Crippen molar-refractivity contribution in [3.63, 3.8) is 0 Å². The van der Waals surface area contributed by atoms with Crippen molar-refractivity contribution in [2.45, 2.75) is 18.8 Å². The molecule has 3 fully saturated rings. The van der Waals surface area contributed by atoms with Crippen LogP contribution in [-0.2, 0) is 0 Å². The van der Waals surface area contributed by atoms with Crippen LogP contribution in [0.15, 0.2) is 12.4 Å². The van der Waals surface area contributed by atoms with E-state index in [2.05, 4.69) is 9.88 Å². The van der Waals surface area contributed by atoms with Crippen molar-refractivity contribution in [2.24, 2.45) is 5.92 Å². The van der Waals surface area contributed by atoms with E-state index in [0.717, 1.165) is 25.5 Å². The molecule has 5 heteroatoms. The van der Waals surface area contributed by atoms with Crippen LogP contribution in [0.2, 0.25) is 0 Å². The van der Waals surface area contributed by atoms with Gasteiger partial charge in [-0.1, -0.05) is 0 Å². The second-order valence-electron chi connectivity index (χ2n) is 4.68. The molecule has 0 radical (unpaired) electrons. The first-order valence-corrected chi connectivity index (χ1v) is 5.74. The largest absolute Gasteiger partial charge is 0.464 e. The summed E-state index contributed by atoms with van der Waals surface area (Å²) in [7, 11) is 0. The summed E-state index contributed by atoms with van der Waals surface area (Å²) in [5.74, 6) is 1.64. The van der Waals surface area contributed by atoms with Gasteiger partial charge >= 0.3 is 6.09 Å². The van der Waals surface area contributed by atoms with Crippen LogP contribution in [0.25, 0.3) is 0 Å². The molecule has 1 aromatic rings. The van der Waals surface area contributed by atoms with E-state index in [1.165, 1.54) is 23.6 Å². The molecule has 0 spiro atoms. The number of piperidine rings is 3. The highest BCUT2D eigenvalue weighted by atomic mass is 16.4. The fraction of sp³-hybridized carbons (Fsp3) is 0.636. The minimum Gasteiger partial charge on any atom is -0.464 e. The third-order valence-electron chi connectivity index (χ3n) is 3.86. The average Bonchev–Trinajstić information content (AvgIpc) is 2.79. The average molecular weight is 221 g/mol. The van der Waals surface area contributed by atoms with E-state index in [0.29, 0.717) is 11.8 Å². The number of carboxylic acid groups (broad SMARTS) is 1. The molecular formula is C11H15N3O2. The lowest BCUT2D eigenvalue weighted by Crippen LogP contribution is -2.47. The van der Waals surface area contributed by atoms with E-state index in [-0.39, 0.29) is 0 Å². The van der Waals surface area contributed by atoms with Crippen LogP contribution in [-0.4, -0.2) is 45.3 Å². The van der Waals surface area contributed by atoms with Crippen LogP contribution < -0.4 is 0 Å². The number of hydrogen-bond donors (Lipinski definition) is 1. The molecule has 1 atom stereocenters. The third-order valence-corrected chi connectivity index (χ3v) is 3.86. The zero-order valence-electron chi connectivity index (χ0n) is 9.04. The molecule has 3 aliphatic rings. The number of fused-ring (bicyclic) bond motifs is 3. The molecule has 0 aliphatic carbocycles. The Labute approximate surface area is 93.7 Å². The summed E-state index contributed by atoms with van der Waals surface area (Å²) in [4.78, 5) is 17.7. The van der Waals surface area contributed by atoms with Crippen LogP contribution in [0.5, 0.6) is 0 Å². The van der Waals surface area contributed by atoms with E-state index in [1.54, 1.807) is 6.20 Å². The molecule has 86 valence electrons. The molecule has 3 aliphatic heterocycles. The summed E-state index contributed by atoms with van der Waals surface area (Å²) in [6.07, 6.45) is 4.55. The summed E-state index contributed by atoms with van der Waals surface area (Å²) in [6.45, 7) is 3.29. The Morgan fingerprint density at radius 3 is 2.75 bits per heavy atom. The van der Waals surface area contributed by atoms with E-state index in [1.807, 2.05) is 0 Å². The standard InChI is InChI=1S/C11H15N3O2/c15-11(16)14-6-3-12-10(14)9-7-13-4-1-8(9)2-5-13/h3,6,8-9H,1-2,4-5,7H2,(H,15,16)/t9-/m0/s1. The molecule has 0 unspecified atom stereocenters. The molecule has 4 heterocycles. The molecule has 0 aromatic carbocycles. The third kappa shape index (κ3) is 1.43. The number of imidazole rings is 1. The molecule has 3 saturated heterocycles. The van der Waals surface area contributed by atoms with E-state index < -0.39 is 6.09 Å². The molecule has 1 N–H and O–H groups in total. The molecular weight excluding hydrogens is 206 g/mol. The predicted octanol–water partition coefficient (Wildman–Crippen LogP) is 1.22. The SMILES string of the molecule is O=C(O)n1ccnc1[C@H]1CN2CCC1CC2. The second kappa shape index (κ2) is 3.59. The Morgan fingerprint density at radius 2 is 2.19 bits per heavy atom. The van der Waals surface area contributed by atoms with Crippen molar-refractivity contribution in [1.82, 2.24) is 14.5 Å². The summed E-state index contributed by atoms with van der Waals surface area (Å²) in [5, 5.41) is 9.06. The number of nitrogens with zero attached hydrogens (tertiary/aromatic N) is 3. The highest BCUT2D eigenvalue weighted by molar-refractivity contribution is 5.68. The van der Waals surface area contributed by atoms with Gasteiger partial charge in [0, 0.05) is 24.9 Å². The van der Waals surface area contributed by atoms with Gasteiger partial charge in [-0.2, -0.15) is 0 Å². The van der Waals surface area contributed by atoms with E-state index >= 15 is 0 Å². The van der Waals surface area contributed by atoms with Crippen molar-refractivity contribution in [2.75, 3.05) is 19.6 Å². The Hall–Kier alpha value is -1.36. The zero-order valence-corrected chi connectivity index (χ0v) is 9.04. The lowest BCUT2D eigenvalue weighted by atomic mass is 9.78. The fourth-order valence-corrected chi connectivity index (χ4v) is 3.01. The van der Waals surface area contributed by atoms with Gasteiger partial charge in [0.15, 0.2) is 0 Å². The zero-order chi connectivity index (χ0) is 11.1. The maximum atomic E-state index is 11.0. The summed E-state index contributed by atoms with van der Waals surface area (Å²) in [6, 6.07) is 0. The fourth-order valence-electron chi connectivity index (χ4n) is 3.01. The summed E-state index contributed by atoms with van der Waals surface area (Å²) in [5.41, 5.74) is 0. The van der Waals surface area contributed by atoms with Crippen LogP contribution in [0, 0.1) is 5.92 Å². The molecule has 1 aromatic heterocycles. The summed E-state index contributed by atoms with van der Waals surface area (Å²) >= 11 is 0. The van der Waals surface area contributed by atoms with Crippen molar-refractivity contribution in [3.05, 3.63) is 18.2 Å². The van der Waals surface area contributed by atoms with Crippen LogP contribution in [0.4, 0.5) is 4.79 Å². The number of rotatable bonds is 1. The van der Waals surface area contributed by atoms with Crippen molar-refractivity contribution >= 4 is 6.09 Å². The molecule has 4 rings (SSSR count). The van der Waals surface area contributed by atoms with Gasteiger partial charge < -0.3 is 10.0 Å². The first-order valence-electron chi connectivity index (χ1n) is 5.74. The Balaban J connectivity index is 1.92. The Morgan fingerprint density at radius 1 is 1.44 bits per heavy atom. The number of carbonyl (C=O) groups is 1. The van der Waals surface area contributed by atoms with Crippen molar-refractivity contribution in [3.8, 4) is 0 Å². The van der Waals surface area contributed by atoms with Gasteiger partial charge in [0.05, 0.1) is 0 Å². The maximum absolute atomic E-state index is 11.0. The minimum absolute atomic E-state index is 0.300. The van der Waals surface area contributed by atoms with E-state index in [4.69, 9.17) is 5.11 Å². The van der Waals surface area contributed by atoms with Crippen molar-refractivity contribution in [1.29, 1.82) is 0 Å². The molecule has 0 saturated carbocycles. The lowest BCUT2D eigenvalue weighted by Gasteiger charge is -2.44. The smallest absolute Gasteiger partial charge is 0.417 e. The monoisotopic (exact) mass is 221 g/mol. The van der Waals surface area contributed by atoms with Crippen LogP contribution >= 0.6 is 0 Å². The normalized spacial score (nSPS) is 32.9. The van der Waals surface area contributed by atoms with Crippen LogP contribution in [0.1, 0.15) is 24.6 Å². The molecule has 2 bridgehead atoms. The van der Waals surface area contributed by atoms with E-state index in [9.17, 15) is 4.79 Å². The first-order chi connectivity index (χ1) is 7.75. The van der Waals surface area contributed by atoms with Gasteiger partial charge in [0.25, 0.3) is 0 Å². The highest BCUT2D eigenvalue weighted by Crippen LogP contribution is 2.38. The topological polar surface area (TPSA) is 58.4 Å². The van der Waals surface area contributed by atoms with Gasteiger partial charge in [-0.25, -0.2) is 14.3 Å². The Bertz CT molecular complexity index is 407. The first kappa shape index (κ1) is 9.84. The summed E-state index contributed by atoms with van der Waals surface area (Å²) < 4.78 is 1.27. The lowest BCUT2D eigenvalue weighted by molar-refractivity contribution is 0.0821. The number of hydrogen-bond acceptors (Lipinski definition) is 3. The van der Waals surface area contributed by atoms with Gasteiger partial charge in [-0.05, 0) is 31.8 Å².